The van der Waals surface area contributed by atoms with Crippen LogP contribution in [0.5, 0.6) is 11.5 Å². The molecule has 26 heavy (non-hydrogen) atoms. The molecule has 0 aliphatic carbocycles. The maximum atomic E-state index is 12.5. The second kappa shape index (κ2) is 5.83. The lowest BCUT2D eigenvalue weighted by Crippen LogP contribution is -2.24. The summed E-state index contributed by atoms with van der Waals surface area (Å²) in [7, 11) is 0. The molecule has 2 aromatic heterocycles. The predicted octanol–water partition coefficient (Wildman–Crippen LogP) is 2.38. The van der Waals surface area contributed by atoms with Gasteiger partial charge in [-0.15, -0.1) is 0 Å². The summed E-state index contributed by atoms with van der Waals surface area (Å²) in [6, 6.07) is 11.0. The molecule has 0 saturated carbocycles. The van der Waals surface area contributed by atoms with Gasteiger partial charge >= 0.3 is 0 Å². The molecule has 1 fully saturated rings. The molecule has 0 spiro atoms. The number of nitrogens with zero attached hydrogens (tertiary/aromatic N) is 4. The van der Waals surface area contributed by atoms with E-state index in [1.165, 1.54) is 0 Å². The van der Waals surface area contributed by atoms with E-state index >= 15 is 0 Å². The fourth-order valence-electron chi connectivity index (χ4n) is 3.18. The molecule has 8 nitrogen and oxygen atoms in total. The Kier molecular flexibility index (Phi) is 3.34. The summed E-state index contributed by atoms with van der Waals surface area (Å²) in [5, 5.41) is 4.05. The first-order valence-corrected chi connectivity index (χ1v) is 8.23. The molecule has 5 rings (SSSR count). The minimum absolute atomic E-state index is 0.0121. The first-order chi connectivity index (χ1) is 12.8. The van der Waals surface area contributed by atoms with E-state index in [0.29, 0.717) is 41.9 Å². The topological polar surface area (TPSA) is 90.6 Å². The first kappa shape index (κ1) is 14.9. The van der Waals surface area contributed by atoms with Gasteiger partial charge in [-0.1, -0.05) is 11.2 Å². The number of amides is 1. The number of carbonyl (C=O) groups is 1. The summed E-state index contributed by atoms with van der Waals surface area (Å²) < 4.78 is 16.0. The Morgan fingerprint density at radius 3 is 2.92 bits per heavy atom. The van der Waals surface area contributed by atoms with Gasteiger partial charge in [0.05, 0.1) is 0 Å². The maximum absolute atomic E-state index is 12.5. The highest BCUT2D eigenvalue weighted by molar-refractivity contribution is 5.96. The summed E-state index contributed by atoms with van der Waals surface area (Å²) >= 11 is 0. The molecule has 3 aromatic rings. The summed E-state index contributed by atoms with van der Waals surface area (Å²) in [5.74, 6) is 2.09. The molecule has 1 atom stereocenters. The molecule has 8 heteroatoms. The zero-order valence-electron chi connectivity index (χ0n) is 13.7. The van der Waals surface area contributed by atoms with Crippen molar-refractivity contribution in [1.82, 2.24) is 15.1 Å². The van der Waals surface area contributed by atoms with E-state index in [9.17, 15) is 4.79 Å². The van der Waals surface area contributed by atoms with Crippen molar-refractivity contribution < 1.29 is 18.8 Å². The lowest BCUT2D eigenvalue weighted by Gasteiger charge is -2.16. The molecule has 2 aliphatic heterocycles. The van der Waals surface area contributed by atoms with Crippen molar-refractivity contribution in [1.29, 1.82) is 0 Å². The van der Waals surface area contributed by atoms with Crippen LogP contribution in [0, 0.1) is 0 Å². The van der Waals surface area contributed by atoms with Gasteiger partial charge in [-0.25, -0.2) is 0 Å². The fourth-order valence-corrected chi connectivity index (χ4v) is 3.18. The Labute approximate surface area is 148 Å². The standard InChI is InChI=1S/C18H14N4O4/c23-16-7-11(17-20-18(26-21-17)13-3-1-2-6-19-13)9-22(16)12-4-5-14-15(8-12)25-10-24-14/h1-6,8,11H,7,9-10H2/t11-/m0/s1. The highest BCUT2D eigenvalue weighted by atomic mass is 16.7. The lowest BCUT2D eigenvalue weighted by molar-refractivity contribution is -0.117. The second-order valence-electron chi connectivity index (χ2n) is 6.12. The van der Waals surface area contributed by atoms with Gasteiger partial charge in [-0.3, -0.25) is 9.78 Å². The van der Waals surface area contributed by atoms with Crippen LogP contribution in [0.2, 0.25) is 0 Å². The van der Waals surface area contributed by atoms with Gasteiger partial charge in [-0.2, -0.15) is 4.98 Å². The minimum Gasteiger partial charge on any atom is -0.454 e. The average Bonchev–Trinajstić information content (AvgIpc) is 3.41. The molecule has 0 unspecified atom stereocenters. The number of hydrogen-bond donors (Lipinski definition) is 0. The number of anilines is 1. The number of rotatable bonds is 3. The highest BCUT2D eigenvalue weighted by Crippen LogP contribution is 2.38. The van der Waals surface area contributed by atoms with Crippen molar-refractivity contribution in [2.75, 3.05) is 18.2 Å². The average molecular weight is 350 g/mol. The van der Waals surface area contributed by atoms with Crippen LogP contribution in [-0.2, 0) is 4.79 Å². The molecule has 0 radical (unpaired) electrons. The Morgan fingerprint density at radius 2 is 2.04 bits per heavy atom. The molecule has 0 bridgehead atoms. The Bertz CT molecular complexity index is 972. The van der Waals surface area contributed by atoms with Gasteiger partial charge < -0.3 is 18.9 Å². The van der Waals surface area contributed by atoms with E-state index in [4.69, 9.17) is 14.0 Å². The number of fused-ring (bicyclic) bond motifs is 1. The highest BCUT2D eigenvalue weighted by Gasteiger charge is 2.35. The van der Waals surface area contributed by atoms with Crippen molar-refractivity contribution >= 4 is 11.6 Å². The van der Waals surface area contributed by atoms with Gasteiger partial charge in [0.2, 0.25) is 12.7 Å². The fraction of sp³-hybridized carbons (Fsp3) is 0.222. The third-order valence-corrected chi connectivity index (χ3v) is 4.48. The smallest absolute Gasteiger partial charge is 0.276 e. The van der Waals surface area contributed by atoms with Gasteiger partial charge in [0, 0.05) is 36.8 Å². The zero-order valence-corrected chi connectivity index (χ0v) is 13.7. The van der Waals surface area contributed by atoms with E-state index in [2.05, 4.69) is 15.1 Å². The molecular formula is C18H14N4O4. The molecule has 2 aliphatic rings. The second-order valence-corrected chi connectivity index (χ2v) is 6.12. The van der Waals surface area contributed by atoms with Crippen molar-refractivity contribution in [3.8, 4) is 23.1 Å². The Morgan fingerprint density at radius 1 is 1.12 bits per heavy atom. The molecule has 1 aromatic carbocycles. The van der Waals surface area contributed by atoms with Crippen LogP contribution in [0.15, 0.2) is 47.1 Å². The van der Waals surface area contributed by atoms with Crippen LogP contribution < -0.4 is 14.4 Å². The summed E-state index contributed by atoms with van der Waals surface area (Å²) in [5.41, 5.74) is 1.39. The Hall–Kier alpha value is -3.42. The van der Waals surface area contributed by atoms with Crippen LogP contribution in [0.1, 0.15) is 18.2 Å². The van der Waals surface area contributed by atoms with Crippen molar-refractivity contribution in [3.05, 3.63) is 48.4 Å². The number of carbonyl (C=O) groups excluding carboxylic acids is 1. The number of benzene rings is 1. The number of pyridine rings is 1. The van der Waals surface area contributed by atoms with Gasteiger partial charge in [0.25, 0.3) is 5.89 Å². The largest absolute Gasteiger partial charge is 0.454 e. The van der Waals surface area contributed by atoms with E-state index in [0.717, 1.165) is 5.69 Å². The van der Waals surface area contributed by atoms with E-state index < -0.39 is 0 Å². The van der Waals surface area contributed by atoms with Gasteiger partial charge in [-0.05, 0) is 24.3 Å². The normalized spacial score (nSPS) is 18.5. The Balaban J connectivity index is 1.38. The summed E-state index contributed by atoms with van der Waals surface area (Å²) in [6.45, 7) is 0.689. The first-order valence-electron chi connectivity index (χ1n) is 8.23. The van der Waals surface area contributed by atoms with Crippen molar-refractivity contribution in [3.63, 3.8) is 0 Å². The van der Waals surface area contributed by atoms with Crippen LogP contribution in [0.3, 0.4) is 0 Å². The van der Waals surface area contributed by atoms with E-state index in [1.54, 1.807) is 17.2 Å². The van der Waals surface area contributed by atoms with Gasteiger partial charge in [0.1, 0.15) is 5.69 Å². The quantitative estimate of drug-likeness (QED) is 0.716. The summed E-state index contributed by atoms with van der Waals surface area (Å²) in [6.07, 6.45) is 2.00. The van der Waals surface area contributed by atoms with Crippen LogP contribution in [0.4, 0.5) is 5.69 Å². The maximum Gasteiger partial charge on any atom is 0.276 e. The SMILES string of the molecule is O=C1C[C@H](c2noc(-c3ccccn3)n2)CN1c1ccc2c(c1)OCO2. The van der Waals surface area contributed by atoms with Crippen LogP contribution in [0.25, 0.3) is 11.6 Å². The third-order valence-electron chi connectivity index (χ3n) is 4.48. The molecule has 1 amide bonds. The number of hydrogen-bond acceptors (Lipinski definition) is 7. The third kappa shape index (κ3) is 2.46. The van der Waals surface area contributed by atoms with Crippen molar-refractivity contribution in [2.24, 2.45) is 0 Å². The molecule has 1 saturated heterocycles. The van der Waals surface area contributed by atoms with E-state index in [-0.39, 0.29) is 18.6 Å². The predicted molar refractivity (Wildman–Crippen MR) is 89.8 cm³/mol. The number of ether oxygens (including phenoxy) is 2. The zero-order chi connectivity index (χ0) is 17.5. The van der Waals surface area contributed by atoms with Crippen molar-refractivity contribution in [2.45, 2.75) is 12.3 Å². The number of aromatic nitrogens is 3. The minimum atomic E-state index is -0.130. The van der Waals surface area contributed by atoms with Crippen LogP contribution in [-0.4, -0.2) is 34.4 Å². The van der Waals surface area contributed by atoms with Gasteiger partial charge in [0.15, 0.2) is 17.3 Å². The molecule has 0 N–H and O–H groups in total. The molecule has 4 heterocycles. The summed E-state index contributed by atoms with van der Waals surface area (Å²) in [4.78, 5) is 22.8. The van der Waals surface area contributed by atoms with Crippen LogP contribution >= 0.6 is 0 Å². The molecule has 130 valence electrons. The lowest BCUT2D eigenvalue weighted by atomic mass is 10.1. The molecular weight excluding hydrogens is 336 g/mol. The monoisotopic (exact) mass is 350 g/mol. The van der Waals surface area contributed by atoms with E-state index in [1.807, 2.05) is 30.3 Å².